The van der Waals surface area contributed by atoms with E-state index in [9.17, 15) is 10.0 Å². The third-order valence-corrected chi connectivity index (χ3v) is 3.46. The highest BCUT2D eigenvalue weighted by atomic mass is 35.5. The van der Waals surface area contributed by atoms with Gasteiger partial charge < -0.3 is 10.0 Å². The van der Waals surface area contributed by atoms with E-state index in [4.69, 9.17) is 11.6 Å². The first-order valence-corrected chi connectivity index (χ1v) is 6.35. The molecule has 2 rings (SSSR count). The highest BCUT2D eigenvalue weighted by Gasteiger charge is 2.16. The molecule has 0 fully saturated rings. The van der Waals surface area contributed by atoms with Crippen molar-refractivity contribution in [1.82, 2.24) is 0 Å². The van der Waals surface area contributed by atoms with Gasteiger partial charge in [0, 0.05) is 9.92 Å². The largest absolute Gasteiger partial charge is 0.489 e. The number of hydrogen-bond acceptors (Lipinski definition) is 3. The number of benzene rings is 2. The summed E-state index contributed by atoms with van der Waals surface area (Å²) in [6.07, 6.45) is 1.91. The molecule has 2 aromatic carbocycles. The molecule has 0 unspecified atom stereocenters. The molecule has 82 valence electrons. The molecule has 0 amide bonds. The van der Waals surface area contributed by atoms with E-state index in [-0.39, 0.29) is 0 Å². The van der Waals surface area contributed by atoms with Crippen LogP contribution in [0.5, 0.6) is 0 Å². The predicted molar refractivity (Wildman–Crippen MR) is 70.6 cm³/mol. The smallest absolute Gasteiger partial charge is 0.423 e. The SMILES string of the molecule is CSc1cc2ccc(Cl)cc2cc1B(O)O. The average Bonchev–Trinajstić information content (AvgIpc) is 2.27. The van der Waals surface area contributed by atoms with Gasteiger partial charge in [-0.25, -0.2) is 0 Å². The summed E-state index contributed by atoms with van der Waals surface area (Å²) in [5.74, 6) is 0. The van der Waals surface area contributed by atoms with E-state index in [0.717, 1.165) is 15.7 Å². The van der Waals surface area contributed by atoms with Gasteiger partial charge in [-0.2, -0.15) is 0 Å². The fourth-order valence-corrected chi connectivity index (χ4v) is 2.47. The number of fused-ring (bicyclic) bond motifs is 1. The minimum Gasteiger partial charge on any atom is -0.423 e. The Kier molecular flexibility index (Phi) is 3.45. The van der Waals surface area contributed by atoms with E-state index in [2.05, 4.69) is 0 Å². The molecule has 0 radical (unpaired) electrons. The molecular weight excluding hydrogens is 242 g/mol. The first-order chi connectivity index (χ1) is 7.61. The first kappa shape index (κ1) is 11.8. The lowest BCUT2D eigenvalue weighted by Crippen LogP contribution is -2.31. The average molecular weight is 253 g/mol. The van der Waals surface area contributed by atoms with Crippen LogP contribution in [0.1, 0.15) is 0 Å². The van der Waals surface area contributed by atoms with Crippen LogP contribution < -0.4 is 5.46 Å². The molecule has 0 aliphatic heterocycles. The maximum absolute atomic E-state index is 9.27. The maximum atomic E-state index is 9.27. The molecule has 0 spiro atoms. The van der Waals surface area contributed by atoms with Crippen molar-refractivity contribution in [2.75, 3.05) is 6.26 Å². The zero-order chi connectivity index (χ0) is 11.7. The summed E-state index contributed by atoms with van der Waals surface area (Å²) < 4.78 is 0. The highest BCUT2D eigenvalue weighted by molar-refractivity contribution is 7.98. The highest BCUT2D eigenvalue weighted by Crippen LogP contribution is 2.23. The van der Waals surface area contributed by atoms with Crippen LogP contribution in [-0.4, -0.2) is 23.4 Å². The van der Waals surface area contributed by atoms with E-state index in [1.807, 2.05) is 30.5 Å². The summed E-state index contributed by atoms with van der Waals surface area (Å²) in [5.41, 5.74) is 0.516. The lowest BCUT2D eigenvalue weighted by atomic mass is 9.79. The van der Waals surface area contributed by atoms with Crippen LogP contribution in [0.3, 0.4) is 0 Å². The van der Waals surface area contributed by atoms with Gasteiger partial charge in [-0.05, 0) is 40.7 Å². The Morgan fingerprint density at radius 3 is 2.50 bits per heavy atom. The summed E-state index contributed by atoms with van der Waals surface area (Å²) in [7, 11) is -1.45. The van der Waals surface area contributed by atoms with Gasteiger partial charge in [0.1, 0.15) is 0 Å². The van der Waals surface area contributed by atoms with Crippen molar-refractivity contribution in [2.24, 2.45) is 0 Å². The Hall–Kier alpha value is -0.675. The second kappa shape index (κ2) is 4.68. The Labute approximate surface area is 103 Å². The molecule has 0 aromatic heterocycles. The van der Waals surface area contributed by atoms with Gasteiger partial charge in [0.05, 0.1) is 0 Å². The molecule has 0 aliphatic carbocycles. The van der Waals surface area contributed by atoms with Crippen molar-refractivity contribution in [2.45, 2.75) is 4.90 Å². The second-order valence-corrected chi connectivity index (χ2v) is 4.74. The fraction of sp³-hybridized carbons (Fsp3) is 0.0909. The standard InChI is InChI=1S/C11H10BClO2S/c1-16-11-6-7-2-3-9(13)4-8(7)5-10(11)12(14)15/h2-6,14-15H,1H3. The molecule has 0 bridgehead atoms. The molecule has 16 heavy (non-hydrogen) atoms. The van der Waals surface area contributed by atoms with Crippen LogP contribution in [0.2, 0.25) is 5.02 Å². The minimum absolute atomic E-state index is 0.516. The molecule has 0 aliphatic rings. The summed E-state index contributed by atoms with van der Waals surface area (Å²) >= 11 is 7.38. The zero-order valence-electron chi connectivity index (χ0n) is 8.64. The predicted octanol–water partition coefficient (Wildman–Crippen LogP) is 1.89. The van der Waals surface area contributed by atoms with Gasteiger partial charge in [0.25, 0.3) is 0 Å². The summed E-state index contributed by atoms with van der Waals surface area (Å²) in [4.78, 5) is 0.866. The molecule has 0 heterocycles. The Bertz CT molecular complexity index is 531. The molecule has 5 heteroatoms. The van der Waals surface area contributed by atoms with Crippen molar-refractivity contribution in [1.29, 1.82) is 0 Å². The molecule has 2 N–H and O–H groups in total. The number of halogens is 1. The van der Waals surface area contributed by atoms with Crippen molar-refractivity contribution in [3.63, 3.8) is 0 Å². The maximum Gasteiger partial charge on any atom is 0.489 e. The van der Waals surface area contributed by atoms with Crippen LogP contribution in [0, 0.1) is 0 Å². The van der Waals surface area contributed by atoms with Crippen LogP contribution >= 0.6 is 23.4 Å². The zero-order valence-corrected chi connectivity index (χ0v) is 10.2. The van der Waals surface area contributed by atoms with Gasteiger partial charge >= 0.3 is 7.12 Å². The molecule has 0 saturated heterocycles. The van der Waals surface area contributed by atoms with Crippen LogP contribution in [0.4, 0.5) is 0 Å². The molecule has 0 saturated carbocycles. The lowest BCUT2D eigenvalue weighted by molar-refractivity contribution is 0.425. The van der Waals surface area contributed by atoms with Gasteiger partial charge in [-0.3, -0.25) is 0 Å². The Balaban J connectivity index is 2.70. The minimum atomic E-state index is -1.45. The van der Waals surface area contributed by atoms with Crippen molar-refractivity contribution in [3.05, 3.63) is 35.4 Å². The van der Waals surface area contributed by atoms with Crippen LogP contribution in [-0.2, 0) is 0 Å². The van der Waals surface area contributed by atoms with E-state index in [1.54, 1.807) is 6.07 Å². The van der Waals surface area contributed by atoms with Crippen LogP contribution in [0.25, 0.3) is 10.8 Å². The Morgan fingerprint density at radius 1 is 1.12 bits per heavy atom. The summed E-state index contributed by atoms with van der Waals surface area (Å²) in [6, 6.07) is 9.25. The lowest BCUT2D eigenvalue weighted by Gasteiger charge is -2.09. The van der Waals surface area contributed by atoms with E-state index < -0.39 is 7.12 Å². The van der Waals surface area contributed by atoms with Gasteiger partial charge in [0.15, 0.2) is 0 Å². The molecule has 2 aromatic rings. The Morgan fingerprint density at radius 2 is 1.88 bits per heavy atom. The molecular formula is C11H10BClO2S. The monoisotopic (exact) mass is 252 g/mol. The topological polar surface area (TPSA) is 40.5 Å². The number of hydrogen-bond donors (Lipinski definition) is 2. The second-order valence-electron chi connectivity index (χ2n) is 3.46. The van der Waals surface area contributed by atoms with Gasteiger partial charge in [0.2, 0.25) is 0 Å². The quantitative estimate of drug-likeness (QED) is 0.633. The number of thioether (sulfide) groups is 1. The summed E-state index contributed by atoms with van der Waals surface area (Å²) in [6.45, 7) is 0. The normalized spacial score (nSPS) is 10.8. The van der Waals surface area contributed by atoms with E-state index in [1.165, 1.54) is 11.8 Å². The number of rotatable bonds is 2. The van der Waals surface area contributed by atoms with Crippen LogP contribution in [0.15, 0.2) is 35.2 Å². The van der Waals surface area contributed by atoms with Crippen molar-refractivity contribution in [3.8, 4) is 0 Å². The molecule has 0 atom stereocenters. The third kappa shape index (κ3) is 2.20. The van der Waals surface area contributed by atoms with Crippen molar-refractivity contribution >= 4 is 46.7 Å². The summed E-state index contributed by atoms with van der Waals surface area (Å²) in [5, 5.41) is 21.1. The van der Waals surface area contributed by atoms with E-state index in [0.29, 0.717) is 10.5 Å². The fourth-order valence-electron chi connectivity index (χ4n) is 1.64. The van der Waals surface area contributed by atoms with Gasteiger partial charge in [-0.15, -0.1) is 11.8 Å². The first-order valence-electron chi connectivity index (χ1n) is 4.75. The van der Waals surface area contributed by atoms with E-state index >= 15 is 0 Å². The van der Waals surface area contributed by atoms with Crippen molar-refractivity contribution < 1.29 is 10.0 Å². The van der Waals surface area contributed by atoms with Gasteiger partial charge in [-0.1, -0.05) is 23.7 Å². The third-order valence-electron chi connectivity index (χ3n) is 2.43. The molecule has 2 nitrogen and oxygen atoms in total.